The van der Waals surface area contributed by atoms with E-state index in [-0.39, 0.29) is 11.1 Å². The summed E-state index contributed by atoms with van der Waals surface area (Å²) in [6, 6.07) is 8.26. The Kier molecular flexibility index (Phi) is 4.61. The topological polar surface area (TPSA) is 48.3 Å². The molecule has 0 bridgehead atoms. The summed E-state index contributed by atoms with van der Waals surface area (Å²) in [6.45, 7) is 6.29. The maximum atomic E-state index is 13.1. The van der Waals surface area contributed by atoms with Gasteiger partial charge in [-0.05, 0) is 50.6 Å². The van der Waals surface area contributed by atoms with Crippen LogP contribution in [0.3, 0.4) is 0 Å². The zero-order chi connectivity index (χ0) is 23.2. The minimum atomic E-state index is -0.246. The van der Waals surface area contributed by atoms with Crippen LogP contribution < -0.4 is 15.9 Å². The Hall–Kier alpha value is -2.52. The van der Waals surface area contributed by atoms with E-state index >= 15 is 0 Å². The fraction of sp³-hybridized carbons (Fsp3) is 0.200. The SMILES string of the molecule is COc1c2cc(C)sc2c(C)c2cc(-c3cc4c(=O)n(C)c(=O)c5cc(C)sc5c4s3)sc12. The second-order valence-corrected chi connectivity index (χ2v) is 12.9. The molecule has 0 fully saturated rings. The zero-order valence-corrected chi connectivity index (χ0v) is 21.9. The molecule has 5 aromatic heterocycles. The van der Waals surface area contributed by atoms with E-state index in [2.05, 4.69) is 26.0 Å². The standard InChI is InChI=1S/C25H19NO3S4/c1-10-6-14-19(29-5)21-13(12(3)20(14)30-10)8-17(32-21)18-9-16-23(33-18)22-15(7-11(2)31-22)24(27)26(4)25(16)28/h6-9H,1-5H3. The van der Waals surface area contributed by atoms with Gasteiger partial charge in [0, 0.05) is 42.0 Å². The van der Waals surface area contributed by atoms with E-state index < -0.39 is 0 Å². The molecular formula is C25H19NO3S4. The van der Waals surface area contributed by atoms with Gasteiger partial charge >= 0.3 is 0 Å². The van der Waals surface area contributed by atoms with E-state index in [4.69, 9.17) is 4.74 Å². The molecule has 0 saturated heterocycles. The Morgan fingerprint density at radius 3 is 1.85 bits per heavy atom. The molecule has 0 atom stereocenters. The lowest BCUT2D eigenvalue weighted by Crippen LogP contribution is -2.26. The maximum Gasteiger partial charge on any atom is 0.262 e. The molecule has 4 nitrogen and oxygen atoms in total. The third-order valence-electron chi connectivity index (χ3n) is 6.09. The van der Waals surface area contributed by atoms with Gasteiger partial charge in [-0.15, -0.1) is 45.3 Å². The highest BCUT2D eigenvalue weighted by Gasteiger charge is 2.20. The van der Waals surface area contributed by atoms with Crippen molar-refractivity contribution in [1.29, 1.82) is 0 Å². The molecule has 0 unspecified atom stereocenters. The van der Waals surface area contributed by atoms with Crippen LogP contribution in [0.15, 0.2) is 33.9 Å². The van der Waals surface area contributed by atoms with Gasteiger partial charge in [0.05, 0.1) is 32.0 Å². The fourth-order valence-electron chi connectivity index (χ4n) is 4.50. The van der Waals surface area contributed by atoms with E-state index in [9.17, 15) is 9.59 Å². The molecule has 166 valence electrons. The number of hydrogen-bond acceptors (Lipinski definition) is 7. The molecule has 0 amide bonds. The van der Waals surface area contributed by atoms with Crippen molar-refractivity contribution in [3.8, 4) is 15.5 Å². The normalized spacial score (nSPS) is 12.0. The van der Waals surface area contributed by atoms with Crippen LogP contribution >= 0.6 is 45.3 Å². The van der Waals surface area contributed by atoms with Crippen LogP contribution in [0.1, 0.15) is 15.3 Å². The monoisotopic (exact) mass is 509 g/mol. The molecule has 1 aromatic carbocycles. The molecule has 5 heterocycles. The lowest BCUT2D eigenvalue weighted by Gasteiger charge is -2.06. The van der Waals surface area contributed by atoms with Crippen LogP contribution in [0.2, 0.25) is 0 Å². The van der Waals surface area contributed by atoms with E-state index in [1.807, 2.05) is 19.1 Å². The predicted molar refractivity (Wildman–Crippen MR) is 146 cm³/mol. The molecule has 0 aliphatic carbocycles. The van der Waals surface area contributed by atoms with Gasteiger partial charge in [0.2, 0.25) is 0 Å². The smallest absolute Gasteiger partial charge is 0.262 e. The summed E-state index contributed by atoms with van der Waals surface area (Å²) in [5.41, 5.74) is 0.781. The number of aromatic nitrogens is 1. The summed E-state index contributed by atoms with van der Waals surface area (Å²) in [5, 5.41) is 3.57. The van der Waals surface area contributed by atoms with Crippen molar-refractivity contribution in [2.75, 3.05) is 7.11 Å². The van der Waals surface area contributed by atoms with Crippen molar-refractivity contribution in [2.45, 2.75) is 20.8 Å². The summed E-state index contributed by atoms with van der Waals surface area (Å²) in [5.74, 6) is 0.918. The Balaban J connectivity index is 1.70. The number of nitrogens with zero attached hydrogens (tertiary/aromatic N) is 1. The lowest BCUT2D eigenvalue weighted by atomic mass is 10.1. The molecule has 8 heteroatoms. The average Bonchev–Trinajstić information content (AvgIpc) is 3.55. The van der Waals surface area contributed by atoms with Crippen molar-refractivity contribution >= 4 is 85.7 Å². The van der Waals surface area contributed by atoms with E-state index in [1.54, 1.807) is 59.5 Å². The van der Waals surface area contributed by atoms with Gasteiger partial charge in [0.1, 0.15) is 5.75 Å². The number of thiophene rings is 4. The van der Waals surface area contributed by atoms with Gasteiger partial charge < -0.3 is 4.74 Å². The van der Waals surface area contributed by atoms with Crippen LogP contribution in [-0.2, 0) is 7.05 Å². The van der Waals surface area contributed by atoms with E-state index in [1.165, 1.54) is 25.1 Å². The number of methoxy groups -OCH3 is 1. The third kappa shape index (κ3) is 2.91. The molecule has 0 saturated carbocycles. The Morgan fingerprint density at radius 1 is 0.667 bits per heavy atom. The van der Waals surface area contributed by atoms with Crippen molar-refractivity contribution in [3.05, 3.63) is 60.3 Å². The van der Waals surface area contributed by atoms with Crippen molar-refractivity contribution in [2.24, 2.45) is 7.05 Å². The van der Waals surface area contributed by atoms with Gasteiger partial charge in [-0.1, -0.05) is 0 Å². The van der Waals surface area contributed by atoms with E-state index in [0.29, 0.717) is 10.8 Å². The highest BCUT2D eigenvalue weighted by molar-refractivity contribution is 7.31. The minimum Gasteiger partial charge on any atom is -0.495 e. The molecule has 0 spiro atoms. The number of ether oxygens (including phenoxy) is 1. The molecule has 0 aliphatic rings. The minimum absolute atomic E-state index is 0.234. The number of rotatable bonds is 2. The zero-order valence-electron chi connectivity index (χ0n) is 18.6. The van der Waals surface area contributed by atoms with Gasteiger partial charge in [-0.2, -0.15) is 0 Å². The molecule has 0 aliphatic heterocycles. The molecule has 0 radical (unpaired) electrons. The largest absolute Gasteiger partial charge is 0.495 e. The second kappa shape index (κ2) is 7.24. The Labute approximate surface area is 204 Å². The van der Waals surface area contributed by atoms with Gasteiger partial charge in [-0.3, -0.25) is 14.2 Å². The van der Waals surface area contributed by atoms with Crippen LogP contribution in [0.5, 0.6) is 5.75 Å². The quantitative estimate of drug-likeness (QED) is 0.248. The molecular weight excluding hydrogens is 491 g/mol. The Morgan fingerprint density at radius 2 is 1.18 bits per heavy atom. The number of hydrogen-bond donors (Lipinski definition) is 0. The highest BCUT2D eigenvalue weighted by atomic mass is 32.1. The summed E-state index contributed by atoms with van der Waals surface area (Å²) in [4.78, 5) is 30.4. The predicted octanol–water partition coefficient (Wildman–Crippen LogP) is 7.21. The van der Waals surface area contributed by atoms with Crippen molar-refractivity contribution in [3.63, 3.8) is 0 Å². The second-order valence-electron chi connectivity index (χ2n) is 8.23. The lowest BCUT2D eigenvalue weighted by molar-refractivity contribution is 0.425. The first-order valence-corrected chi connectivity index (χ1v) is 13.6. The summed E-state index contributed by atoms with van der Waals surface area (Å²) >= 11 is 6.66. The van der Waals surface area contributed by atoms with Gasteiger partial charge in [-0.25, -0.2) is 0 Å². The highest BCUT2D eigenvalue weighted by Crippen LogP contribution is 2.49. The maximum absolute atomic E-state index is 13.1. The number of aryl methyl sites for hydroxylation is 3. The first-order valence-electron chi connectivity index (χ1n) is 10.4. The fourth-order valence-corrected chi connectivity index (χ4v) is 9.16. The molecule has 6 rings (SSSR count). The van der Waals surface area contributed by atoms with Crippen molar-refractivity contribution < 1.29 is 4.74 Å². The first kappa shape index (κ1) is 21.0. The van der Waals surface area contributed by atoms with Crippen LogP contribution in [0, 0.1) is 20.8 Å². The van der Waals surface area contributed by atoms with Crippen LogP contribution in [0.25, 0.3) is 50.1 Å². The van der Waals surface area contributed by atoms with Crippen LogP contribution in [-0.4, -0.2) is 11.7 Å². The average molecular weight is 510 g/mol. The van der Waals surface area contributed by atoms with E-state index in [0.717, 1.165) is 39.9 Å². The Bertz CT molecular complexity index is 1890. The van der Waals surface area contributed by atoms with Crippen molar-refractivity contribution in [1.82, 2.24) is 4.57 Å². The van der Waals surface area contributed by atoms with Crippen LogP contribution in [0.4, 0.5) is 0 Å². The summed E-state index contributed by atoms with van der Waals surface area (Å²) < 4.78 is 11.3. The molecule has 0 N–H and O–H groups in total. The van der Waals surface area contributed by atoms with Gasteiger partial charge in [0.15, 0.2) is 0 Å². The molecule has 6 aromatic rings. The summed E-state index contributed by atoms with van der Waals surface area (Å²) in [7, 11) is 3.30. The number of fused-ring (bicyclic) bond motifs is 5. The first-order chi connectivity index (χ1) is 15.8. The molecule has 33 heavy (non-hydrogen) atoms. The van der Waals surface area contributed by atoms with Gasteiger partial charge in [0.25, 0.3) is 11.1 Å². The number of benzene rings is 1. The third-order valence-corrected chi connectivity index (χ3v) is 10.9. The summed E-state index contributed by atoms with van der Waals surface area (Å²) in [6.07, 6.45) is 0.